The van der Waals surface area contributed by atoms with Crippen molar-refractivity contribution in [1.82, 2.24) is 0 Å². The number of ether oxygens (including phenoxy) is 1. The summed E-state index contributed by atoms with van der Waals surface area (Å²) in [4.78, 5) is 22.1. The third kappa shape index (κ3) is 4.59. The van der Waals surface area contributed by atoms with Gasteiger partial charge in [-0.25, -0.2) is 0 Å². The third-order valence-electron chi connectivity index (χ3n) is 2.93. The minimum atomic E-state index is -0.520. The van der Waals surface area contributed by atoms with Crippen LogP contribution in [0.1, 0.15) is 12.8 Å². The van der Waals surface area contributed by atoms with Crippen LogP contribution in [-0.2, 0) is 4.79 Å². The van der Waals surface area contributed by atoms with E-state index in [4.69, 9.17) is 4.74 Å². The van der Waals surface area contributed by atoms with Crippen LogP contribution in [0.15, 0.2) is 54.6 Å². The maximum atomic E-state index is 11.8. The Labute approximate surface area is 127 Å². The van der Waals surface area contributed by atoms with Gasteiger partial charge >= 0.3 is 0 Å². The summed E-state index contributed by atoms with van der Waals surface area (Å²) < 4.78 is 5.48. The molecule has 2 rings (SSSR count). The van der Waals surface area contributed by atoms with E-state index in [1.165, 1.54) is 12.1 Å². The SMILES string of the molecule is O=C(CCCOc1ccccc1)Nc1ccccc1[N+](=O)[O-]. The summed E-state index contributed by atoms with van der Waals surface area (Å²) in [6.45, 7) is 0.411. The van der Waals surface area contributed by atoms with Crippen molar-refractivity contribution in [2.24, 2.45) is 0 Å². The summed E-state index contributed by atoms with van der Waals surface area (Å²) in [5.74, 6) is 0.479. The van der Waals surface area contributed by atoms with Crippen LogP contribution in [0.4, 0.5) is 11.4 Å². The van der Waals surface area contributed by atoms with Crippen molar-refractivity contribution in [2.75, 3.05) is 11.9 Å². The first-order valence-electron chi connectivity index (χ1n) is 6.88. The monoisotopic (exact) mass is 300 g/mol. The number of hydrogen-bond acceptors (Lipinski definition) is 4. The zero-order valence-corrected chi connectivity index (χ0v) is 11.9. The molecule has 2 aromatic carbocycles. The Morgan fingerprint density at radius 3 is 2.50 bits per heavy atom. The van der Waals surface area contributed by atoms with Crippen molar-refractivity contribution < 1.29 is 14.5 Å². The molecule has 0 aromatic heterocycles. The van der Waals surface area contributed by atoms with Crippen molar-refractivity contribution in [3.63, 3.8) is 0 Å². The second-order valence-corrected chi connectivity index (χ2v) is 4.59. The Balaban J connectivity index is 1.78. The van der Waals surface area contributed by atoms with Gasteiger partial charge in [0, 0.05) is 12.5 Å². The second kappa shape index (κ2) is 7.78. The lowest BCUT2D eigenvalue weighted by molar-refractivity contribution is -0.383. The first kappa shape index (κ1) is 15.5. The van der Waals surface area contributed by atoms with E-state index in [1.54, 1.807) is 12.1 Å². The molecule has 1 amide bonds. The number of nitrogens with one attached hydrogen (secondary N) is 1. The maximum absolute atomic E-state index is 11.8. The first-order valence-corrected chi connectivity index (χ1v) is 6.88. The van der Waals surface area contributed by atoms with Gasteiger partial charge in [-0.3, -0.25) is 14.9 Å². The number of nitrogens with zero attached hydrogens (tertiary/aromatic N) is 1. The standard InChI is InChI=1S/C16H16N2O4/c19-16(11-6-12-22-13-7-2-1-3-8-13)17-14-9-4-5-10-15(14)18(20)21/h1-5,7-10H,6,11-12H2,(H,17,19). The molecule has 6 nitrogen and oxygen atoms in total. The quantitative estimate of drug-likeness (QED) is 0.483. The van der Waals surface area contributed by atoms with Crippen LogP contribution in [0.3, 0.4) is 0 Å². The fourth-order valence-electron chi connectivity index (χ4n) is 1.89. The largest absolute Gasteiger partial charge is 0.494 e. The molecule has 0 fully saturated rings. The van der Waals surface area contributed by atoms with Crippen LogP contribution in [0.25, 0.3) is 0 Å². The molecule has 0 spiro atoms. The molecule has 0 radical (unpaired) electrons. The highest BCUT2D eigenvalue weighted by atomic mass is 16.6. The molecule has 114 valence electrons. The zero-order chi connectivity index (χ0) is 15.8. The van der Waals surface area contributed by atoms with Gasteiger partial charge in [0.2, 0.25) is 5.91 Å². The van der Waals surface area contributed by atoms with E-state index in [2.05, 4.69) is 5.32 Å². The minimum Gasteiger partial charge on any atom is -0.494 e. The van der Waals surface area contributed by atoms with Crippen LogP contribution in [-0.4, -0.2) is 17.4 Å². The molecule has 2 aromatic rings. The van der Waals surface area contributed by atoms with Crippen LogP contribution >= 0.6 is 0 Å². The third-order valence-corrected chi connectivity index (χ3v) is 2.93. The summed E-state index contributed by atoms with van der Waals surface area (Å²) in [7, 11) is 0. The number of para-hydroxylation sites is 3. The Hall–Kier alpha value is -2.89. The van der Waals surface area contributed by atoms with E-state index in [0.717, 1.165) is 5.75 Å². The van der Waals surface area contributed by atoms with Crippen molar-refractivity contribution in [1.29, 1.82) is 0 Å². The fraction of sp³-hybridized carbons (Fsp3) is 0.188. The predicted molar refractivity (Wildman–Crippen MR) is 82.9 cm³/mol. The van der Waals surface area contributed by atoms with Crippen molar-refractivity contribution in [3.8, 4) is 5.75 Å². The fourth-order valence-corrected chi connectivity index (χ4v) is 1.89. The molecule has 0 saturated heterocycles. The summed E-state index contributed by atoms with van der Waals surface area (Å²) >= 11 is 0. The molecular weight excluding hydrogens is 284 g/mol. The molecule has 0 saturated carbocycles. The van der Waals surface area contributed by atoms with Crippen LogP contribution in [0, 0.1) is 10.1 Å². The molecule has 1 N–H and O–H groups in total. The summed E-state index contributed by atoms with van der Waals surface area (Å²) in [6.07, 6.45) is 0.764. The number of rotatable bonds is 7. The van der Waals surface area contributed by atoms with Gasteiger partial charge < -0.3 is 10.1 Å². The Morgan fingerprint density at radius 1 is 1.09 bits per heavy atom. The van der Waals surface area contributed by atoms with Crippen LogP contribution in [0.2, 0.25) is 0 Å². The van der Waals surface area contributed by atoms with Crippen molar-refractivity contribution >= 4 is 17.3 Å². The molecule has 0 aliphatic rings. The van der Waals surface area contributed by atoms with Gasteiger partial charge in [0.15, 0.2) is 0 Å². The van der Waals surface area contributed by atoms with Gasteiger partial charge in [-0.1, -0.05) is 30.3 Å². The Morgan fingerprint density at radius 2 is 1.77 bits per heavy atom. The van der Waals surface area contributed by atoms with Gasteiger partial charge in [0.25, 0.3) is 5.69 Å². The lowest BCUT2D eigenvalue weighted by Crippen LogP contribution is -2.13. The van der Waals surface area contributed by atoms with E-state index in [9.17, 15) is 14.9 Å². The molecule has 22 heavy (non-hydrogen) atoms. The minimum absolute atomic E-state index is 0.114. The number of hydrogen-bond donors (Lipinski definition) is 1. The Bertz CT molecular complexity index is 644. The number of carbonyl (C=O) groups excluding carboxylic acids is 1. The van der Waals surface area contributed by atoms with Gasteiger partial charge in [-0.05, 0) is 24.6 Å². The highest BCUT2D eigenvalue weighted by molar-refractivity contribution is 5.92. The molecule has 0 aliphatic heterocycles. The highest BCUT2D eigenvalue weighted by Gasteiger charge is 2.14. The number of benzene rings is 2. The molecule has 6 heteroatoms. The second-order valence-electron chi connectivity index (χ2n) is 4.59. The van der Waals surface area contributed by atoms with E-state index in [0.29, 0.717) is 13.0 Å². The van der Waals surface area contributed by atoms with Gasteiger partial charge in [0.1, 0.15) is 11.4 Å². The summed E-state index contributed by atoms with van der Waals surface area (Å²) in [6, 6.07) is 15.4. The van der Waals surface area contributed by atoms with Crippen molar-refractivity contribution in [3.05, 3.63) is 64.7 Å². The number of carbonyl (C=O) groups is 1. The van der Waals surface area contributed by atoms with E-state index in [-0.39, 0.29) is 23.7 Å². The lowest BCUT2D eigenvalue weighted by Gasteiger charge is -2.07. The van der Waals surface area contributed by atoms with E-state index >= 15 is 0 Å². The molecule has 0 unspecified atom stereocenters. The van der Waals surface area contributed by atoms with Gasteiger partial charge in [-0.2, -0.15) is 0 Å². The molecule has 0 heterocycles. The molecule has 0 bridgehead atoms. The van der Waals surface area contributed by atoms with E-state index in [1.807, 2.05) is 30.3 Å². The lowest BCUT2D eigenvalue weighted by atomic mass is 10.2. The normalized spacial score (nSPS) is 10.0. The van der Waals surface area contributed by atoms with Crippen LogP contribution in [0.5, 0.6) is 5.75 Å². The summed E-state index contributed by atoms with van der Waals surface area (Å²) in [5, 5.41) is 13.4. The zero-order valence-electron chi connectivity index (χ0n) is 11.9. The number of amides is 1. The topological polar surface area (TPSA) is 81.5 Å². The predicted octanol–water partition coefficient (Wildman–Crippen LogP) is 3.39. The van der Waals surface area contributed by atoms with Crippen LogP contribution < -0.4 is 10.1 Å². The number of nitro benzene ring substituents is 1. The number of anilines is 1. The summed E-state index contributed by atoms with van der Waals surface area (Å²) in [5.41, 5.74) is 0.0952. The van der Waals surface area contributed by atoms with E-state index < -0.39 is 4.92 Å². The Kier molecular flexibility index (Phi) is 5.48. The first-order chi connectivity index (χ1) is 10.7. The van der Waals surface area contributed by atoms with Crippen molar-refractivity contribution in [2.45, 2.75) is 12.8 Å². The highest BCUT2D eigenvalue weighted by Crippen LogP contribution is 2.23. The average Bonchev–Trinajstić information content (AvgIpc) is 2.53. The average molecular weight is 300 g/mol. The number of nitro groups is 1. The van der Waals surface area contributed by atoms with Gasteiger partial charge in [-0.15, -0.1) is 0 Å². The van der Waals surface area contributed by atoms with Gasteiger partial charge in [0.05, 0.1) is 11.5 Å². The molecular formula is C16H16N2O4. The molecule has 0 atom stereocenters. The molecule has 0 aliphatic carbocycles. The smallest absolute Gasteiger partial charge is 0.292 e. The maximum Gasteiger partial charge on any atom is 0.292 e.